The van der Waals surface area contributed by atoms with Gasteiger partial charge in [0, 0.05) is 26.4 Å². The molecule has 0 amide bonds. The van der Waals surface area contributed by atoms with Gasteiger partial charge in [-0.3, -0.25) is 4.40 Å². The first-order valence-corrected chi connectivity index (χ1v) is 6.98. The molecular formula is C15H21N3O3. The molecule has 2 aromatic heterocycles. The van der Waals surface area contributed by atoms with Crippen molar-refractivity contribution in [2.75, 3.05) is 31.7 Å². The second-order valence-electron chi connectivity index (χ2n) is 5.35. The highest BCUT2D eigenvalue weighted by atomic mass is 16.5. The number of hydrogen-bond donors (Lipinski definition) is 1. The number of fused-ring (bicyclic) bond motifs is 1. The van der Waals surface area contributed by atoms with Gasteiger partial charge in [-0.1, -0.05) is 19.9 Å². The highest BCUT2D eigenvalue weighted by molar-refractivity contribution is 5.93. The zero-order valence-electron chi connectivity index (χ0n) is 12.6. The van der Waals surface area contributed by atoms with Gasteiger partial charge in [0.05, 0.1) is 6.61 Å². The van der Waals surface area contributed by atoms with Crippen molar-refractivity contribution in [3.63, 3.8) is 0 Å². The number of anilines is 1. The fraction of sp³-hybridized carbons (Fsp3) is 0.467. The summed E-state index contributed by atoms with van der Waals surface area (Å²) in [6.45, 7) is 6.05. The third kappa shape index (κ3) is 3.33. The summed E-state index contributed by atoms with van der Waals surface area (Å²) in [6, 6.07) is 5.45. The quantitative estimate of drug-likeness (QED) is 0.846. The molecule has 0 bridgehead atoms. The van der Waals surface area contributed by atoms with E-state index in [1.54, 1.807) is 29.8 Å². The van der Waals surface area contributed by atoms with Crippen molar-refractivity contribution in [3.8, 4) is 0 Å². The standard InChI is InChI=1S/C15H21N3O3/c1-11(2)10-17(8-9-21-3)14-13(15(19)20)18-7-5-4-6-12(18)16-14/h4-7,11H,8-10H2,1-3H3,(H,19,20). The van der Waals surface area contributed by atoms with E-state index < -0.39 is 5.97 Å². The predicted octanol–water partition coefficient (Wildman–Crippen LogP) is 2.14. The predicted molar refractivity (Wildman–Crippen MR) is 81.1 cm³/mol. The van der Waals surface area contributed by atoms with E-state index in [0.29, 0.717) is 30.5 Å². The second kappa shape index (κ2) is 6.58. The van der Waals surface area contributed by atoms with Crippen molar-refractivity contribution in [2.45, 2.75) is 13.8 Å². The minimum atomic E-state index is -0.977. The van der Waals surface area contributed by atoms with Gasteiger partial charge in [0.15, 0.2) is 11.5 Å². The number of nitrogens with zero attached hydrogens (tertiary/aromatic N) is 3. The molecule has 2 aromatic rings. The molecule has 0 radical (unpaired) electrons. The summed E-state index contributed by atoms with van der Waals surface area (Å²) in [5.41, 5.74) is 0.832. The van der Waals surface area contributed by atoms with E-state index in [1.807, 2.05) is 11.0 Å². The fourth-order valence-electron chi connectivity index (χ4n) is 2.33. The summed E-state index contributed by atoms with van der Waals surface area (Å²) in [5.74, 6) is -0.0809. The third-order valence-corrected chi connectivity index (χ3v) is 3.16. The van der Waals surface area contributed by atoms with Gasteiger partial charge in [0.25, 0.3) is 0 Å². The van der Waals surface area contributed by atoms with Crippen LogP contribution in [0.2, 0.25) is 0 Å². The average molecular weight is 291 g/mol. The Kier molecular flexibility index (Phi) is 4.80. The van der Waals surface area contributed by atoms with Crippen molar-refractivity contribution in [2.24, 2.45) is 5.92 Å². The number of aromatic carboxylic acids is 1. The molecule has 0 aliphatic carbocycles. The number of carboxylic acid groups (broad SMARTS) is 1. The van der Waals surface area contributed by atoms with E-state index in [0.717, 1.165) is 6.54 Å². The molecule has 6 nitrogen and oxygen atoms in total. The average Bonchev–Trinajstić information content (AvgIpc) is 2.82. The van der Waals surface area contributed by atoms with Gasteiger partial charge >= 0.3 is 5.97 Å². The highest BCUT2D eigenvalue weighted by Gasteiger charge is 2.23. The molecular weight excluding hydrogens is 270 g/mol. The molecule has 114 valence electrons. The van der Waals surface area contributed by atoms with Crippen LogP contribution >= 0.6 is 0 Å². The molecule has 0 aliphatic heterocycles. The number of rotatable bonds is 7. The zero-order valence-corrected chi connectivity index (χ0v) is 12.6. The SMILES string of the molecule is COCCN(CC(C)C)c1nc2ccccn2c1C(=O)O. The van der Waals surface area contributed by atoms with Crippen LogP contribution in [0.5, 0.6) is 0 Å². The Morgan fingerprint density at radius 1 is 1.48 bits per heavy atom. The first-order chi connectivity index (χ1) is 10.0. The lowest BCUT2D eigenvalue weighted by Crippen LogP contribution is -2.32. The van der Waals surface area contributed by atoms with Crippen LogP contribution in [0.25, 0.3) is 5.65 Å². The number of carboxylic acids is 1. The van der Waals surface area contributed by atoms with Crippen molar-refractivity contribution < 1.29 is 14.6 Å². The van der Waals surface area contributed by atoms with E-state index in [1.165, 1.54) is 0 Å². The van der Waals surface area contributed by atoms with Crippen molar-refractivity contribution in [1.29, 1.82) is 0 Å². The van der Waals surface area contributed by atoms with E-state index in [4.69, 9.17) is 4.74 Å². The lowest BCUT2D eigenvalue weighted by Gasteiger charge is -2.24. The summed E-state index contributed by atoms with van der Waals surface area (Å²) in [6.07, 6.45) is 1.72. The normalized spacial score (nSPS) is 11.2. The molecule has 0 saturated carbocycles. The Morgan fingerprint density at radius 3 is 2.86 bits per heavy atom. The Balaban J connectivity index is 2.49. The molecule has 0 saturated heterocycles. The Labute approximate surface area is 124 Å². The third-order valence-electron chi connectivity index (χ3n) is 3.16. The van der Waals surface area contributed by atoms with Crippen LogP contribution in [-0.2, 0) is 4.74 Å². The minimum Gasteiger partial charge on any atom is -0.476 e. The van der Waals surface area contributed by atoms with Crippen LogP contribution in [0, 0.1) is 5.92 Å². The summed E-state index contributed by atoms with van der Waals surface area (Å²) in [4.78, 5) is 18.1. The molecule has 0 unspecified atom stereocenters. The first-order valence-electron chi connectivity index (χ1n) is 6.98. The van der Waals surface area contributed by atoms with Gasteiger partial charge in [0.1, 0.15) is 5.65 Å². The Morgan fingerprint density at radius 2 is 2.24 bits per heavy atom. The summed E-state index contributed by atoms with van der Waals surface area (Å²) in [5, 5.41) is 9.54. The maximum Gasteiger partial charge on any atom is 0.356 e. The molecule has 0 aliphatic rings. The van der Waals surface area contributed by atoms with Gasteiger partial charge < -0.3 is 14.7 Å². The van der Waals surface area contributed by atoms with Crippen LogP contribution < -0.4 is 4.90 Å². The van der Waals surface area contributed by atoms with E-state index in [-0.39, 0.29) is 5.69 Å². The van der Waals surface area contributed by atoms with Crippen LogP contribution in [0.3, 0.4) is 0 Å². The lowest BCUT2D eigenvalue weighted by atomic mass is 10.2. The molecule has 0 spiro atoms. The molecule has 0 aromatic carbocycles. The highest BCUT2D eigenvalue weighted by Crippen LogP contribution is 2.22. The van der Waals surface area contributed by atoms with Gasteiger partial charge in [0.2, 0.25) is 0 Å². The van der Waals surface area contributed by atoms with Crippen LogP contribution in [-0.4, -0.2) is 47.3 Å². The van der Waals surface area contributed by atoms with Crippen LogP contribution in [0.4, 0.5) is 5.82 Å². The first kappa shape index (κ1) is 15.3. The molecule has 2 rings (SSSR count). The Hall–Kier alpha value is -2.08. The monoisotopic (exact) mass is 291 g/mol. The molecule has 6 heteroatoms. The molecule has 2 heterocycles. The van der Waals surface area contributed by atoms with Gasteiger partial charge in [-0.05, 0) is 18.1 Å². The minimum absolute atomic E-state index is 0.197. The Bertz CT molecular complexity index is 622. The van der Waals surface area contributed by atoms with Crippen molar-refractivity contribution in [3.05, 3.63) is 30.1 Å². The second-order valence-corrected chi connectivity index (χ2v) is 5.35. The van der Waals surface area contributed by atoms with E-state index >= 15 is 0 Å². The van der Waals surface area contributed by atoms with Gasteiger partial charge in [-0.15, -0.1) is 0 Å². The van der Waals surface area contributed by atoms with Gasteiger partial charge in [-0.25, -0.2) is 9.78 Å². The maximum atomic E-state index is 11.6. The van der Waals surface area contributed by atoms with Gasteiger partial charge in [-0.2, -0.15) is 0 Å². The van der Waals surface area contributed by atoms with E-state index in [9.17, 15) is 9.90 Å². The van der Waals surface area contributed by atoms with Crippen molar-refractivity contribution >= 4 is 17.4 Å². The largest absolute Gasteiger partial charge is 0.476 e. The van der Waals surface area contributed by atoms with Crippen molar-refractivity contribution in [1.82, 2.24) is 9.38 Å². The molecule has 21 heavy (non-hydrogen) atoms. The smallest absolute Gasteiger partial charge is 0.356 e. The van der Waals surface area contributed by atoms with E-state index in [2.05, 4.69) is 18.8 Å². The lowest BCUT2D eigenvalue weighted by molar-refractivity contribution is 0.0690. The topological polar surface area (TPSA) is 67.1 Å². The summed E-state index contributed by atoms with van der Waals surface area (Å²) >= 11 is 0. The number of carbonyl (C=O) groups is 1. The number of ether oxygens (including phenoxy) is 1. The molecule has 0 atom stereocenters. The number of methoxy groups -OCH3 is 1. The molecule has 1 N–H and O–H groups in total. The zero-order chi connectivity index (χ0) is 15.4. The maximum absolute atomic E-state index is 11.6. The number of imidazole rings is 1. The fourth-order valence-corrected chi connectivity index (χ4v) is 2.33. The van der Waals surface area contributed by atoms with Crippen LogP contribution in [0.1, 0.15) is 24.3 Å². The number of pyridine rings is 1. The summed E-state index contributed by atoms with van der Waals surface area (Å²) in [7, 11) is 1.63. The molecule has 0 fully saturated rings. The number of hydrogen-bond acceptors (Lipinski definition) is 4. The summed E-state index contributed by atoms with van der Waals surface area (Å²) < 4.78 is 6.74. The number of aromatic nitrogens is 2. The van der Waals surface area contributed by atoms with Crippen LogP contribution in [0.15, 0.2) is 24.4 Å².